The molecule has 2 unspecified atom stereocenters. The fourth-order valence-electron chi connectivity index (χ4n) is 3.03. The van der Waals surface area contributed by atoms with Gasteiger partial charge in [-0.2, -0.15) is 13.2 Å². The van der Waals surface area contributed by atoms with E-state index in [9.17, 15) is 23.1 Å². The van der Waals surface area contributed by atoms with Gasteiger partial charge in [0, 0.05) is 35.1 Å². The van der Waals surface area contributed by atoms with Gasteiger partial charge < -0.3 is 15.2 Å². The van der Waals surface area contributed by atoms with Gasteiger partial charge in [0.25, 0.3) is 5.56 Å². The monoisotopic (exact) mass is 455 g/mol. The number of hydrogen-bond donors (Lipinski definition) is 2. The Bertz CT molecular complexity index is 998. The molecule has 6 nitrogen and oxygen atoms in total. The molecule has 0 spiro atoms. The van der Waals surface area contributed by atoms with Crippen molar-refractivity contribution in [1.29, 1.82) is 0 Å². The molecule has 1 aliphatic rings. The molecule has 0 aliphatic carbocycles. The zero-order valence-electron chi connectivity index (χ0n) is 17.3. The molecule has 0 bridgehead atoms. The van der Waals surface area contributed by atoms with Gasteiger partial charge in [-0.3, -0.25) is 9.36 Å². The molecule has 2 atom stereocenters. The van der Waals surface area contributed by atoms with Gasteiger partial charge >= 0.3 is 6.18 Å². The quantitative estimate of drug-likeness (QED) is 0.687. The number of benzene rings is 1. The van der Waals surface area contributed by atoms with Crippen molar-refractivity contribution in [1.82, 2.24) is 14.9 Å². The summed E-state index contributed by atoms with van der Waals surface area (Å²) in [5.41, 5.74) is -1.33. The zero-order chi connectivity index (χ0) is 22.8. The predicted octanol–water partition coefficient (Wildman–Crippen LogP) is 3.95. The molecule has 0 radical (unpaired) electrons. The summed E-state index contributed by atoms with van der Waals surface area (Å²) in [7, 11) is 0. The van der Waals surface area contributed by atoms with Crippen molar-refractivity contribution in [3.63, 3.8) is 0 Å². The van der Waals surface area contributed by atoms with Crippen molar-refractivity contribution in [3.8, 4) is 0 Å². The van der Waals surface area contributed by atoms with Crippen molar-refractivity contribution in [2.75, 3.05) is 6.61 Å². The summed E-state index contributed by atoms with van der Waals surface area (Å²) in [6.07, 6.45) is 0.578. The van der Waals surface area contributed by atoms with Crippen LogP contribution in [0.4, 0.5) is 13.2 Å². The molecular formula is C21H24F3N3O3S. The number of ether oxygens (including phenoxy) is 1. The summed E-state index contributed by atoms with van der Waals surface area (Å²) in [5, 5.41) is 13.1. The Hall–Kier alpha value is -2.30. The third-order valence-corrected chi connectivity index (χ3v) is 5.57. The standard InChI is InChI=1S/C21H24F3N3O3S/c1-13-10-15(11-26-17(13)30-12-20(2,3)29)27-9-8-25-18(19(27)28)31-16-6-4-14(5-7-16)21(22,23)24/h4-9,11,13,17,26,29H,10,12H2,1-3H3. The van der Waals surface area contributed by atoms with E-state index in [-0.39, 0.29) is 29.3 Å². The van der Waals surface area contributed by atoms with Crippen molar-refractivity contribution in [3.05, 3.63) is 58.8 Å². The average Bonchev–Trinajstić information content (AvgIpc) is 2.68. The Balaban J connectivity index is 1.75. The summed E-state index contributed by atoms with van der Waals surface area (Å²) >= 11 is 1.01. The number of halogens is 3. The van der Waals surface area contributed by atoms with Gasteiger partial charge in [0.1, 0.15) is 6.23 Å². The maximum absolute atomic E-state index is 12.9. The molecule has 2 N–H and O–H groups in total. The van der Waals surface area contributed by atoms with Gasteiger partial charge in [0.15, 0.2) is 5.03 Å². The number of nitrogens with one attached hydrogen (secondary N) is 1. The smallest absolute Gasteiger partial charge is 0.388 e. The Kier molecular flexibility index (Phi) is 6.82. The molecule has 10 heteroatoms. The molecule has 1 aromatic carbocycles. The first-order valence-corrected chi connectivity index (χ1v) is 10.5. The van der Waals surface area contributed by atoms with Crippen LogP contribution in [-0.2, 0) is 10.9 Å². The highest BCUT2D eigenvalue weighted by molar-refractivity contribution is 7.99. The van der Waals surface area contributed by atoms with Gasteiger partial charge in [0.05, 0.1) is 17.8 Å². The Labute approximate surface area is 182 Å². The lowest BCUT2D eigenvalue weighted by atomic mass is 10.0. The maximum atomic E-state index is 12.9. The van der Waals surface area contributed by atoms with Crippen LogP contribution in [0.15, 0.2) is 57.6 Å². The second kappa shape index (κ2) is 9.05. The zero-order valence-corrected chi connectivity index (χ0v) is 18.1. The molecular weight excluding hydrogens is 431 g/mol. The van der Waals surface area contributed by atoms with Crippen LogP contribution in [0.25, 0.3) is 5.70 Å². The molecule has 1 aliphatic heterocycles. The predicted molar refractivity (Wildman–Crippen MR) is 111 cm³/mol. The molecule has 0 amide bonds. The molecule has 31 heavy (non-hydrogen) atoms. The molecule has 2 heterocycles. The van der Waals surface area contributed by atoms with E-state index in [0.717, 1.165) is 29.6 Å². The van der Waals surface area contributed by atoms with Crippen LogP contribution < -0.4 is 10.9 Å². The number of nitrogens with zero attached hydrogens (tertiary/aromatic N) is 2. The summed E-state index contributed by atoms with van der Waals surface area (Å²) in [4.78, 5) is 17.5. The lowest BCUT2D eigenvalue weighted by molar-refractivity contribution is -0.137. The minimum Gasteiger partial charge on any atom is -0.388 e. The Morgan fingerprint density at radius 3 is 2.55 bits per heavy atom. The number of aliphatic hydroxyl groups is 1. The third kappa shape index (κ3) is 6.11. The average molecular weight is 456 g/mol. The second-order valence-electron chi connectivity index (χ2n) is 8.06. The summed E-state index contributed by atoms with van der Waals surface area (Å²) in [5.74, 6) is 0.0356. The van der Waals surface area contributed by atoms with Crippen LogP contribution in [0.3, 0.4) is 0 Å². The third-order valence-electron chi connectivity index (χ3n) is 4.59. The van der Waals surface area contributed by atoms with E-state index in [1.165, 1.54) is 22.9 Å². The largest absolute Gasteiger partial charge is 0.416 e. The lowest BCUT2D eigenvalue weighted by Crippen LogP contribution is -2.42. The molecule has 3 rings (SSSR count). The molecule has 0 fully saturated rings. The molecule has 168 valence electrons. The van der Waals surface area contributed by atoms with E-state index in [1.807, 2.05) is 6.92 Å². The SMILES string of the molecule is CC1CC(n2ccnc(Sc3ccc(C(F)(F)F)cc3)c2=O)=CNC1OCC(C)(C)O. The van der Waals surface area contributed by atoms with Crippen LogP contribution >= 0.6 is 11.8 Å². The van der Waals surface area contributed by atoms with E-state index in [4.69, 9.17) is 4.74 Å². The summed E-state index contributed by atoms with van der Waals surface area (Å²) in [6, 6.07) is 4.60. The van der Waals surface area contributed by atoms with Gasteiger partial charge in [0.2, 0.25) is 0 Å². The first kappa shape index (κ1) is 23.4. The van der Waals surface area contributed by atoms with Crippen LogP contribution in [0, 0.1) is 5.92 Å². The van der Waals surface area contributed by atoms with Gasteiger partial charge in [-0.1, -0.05) is 18.7 Å². The fraction of sp³-hybridized carbons (Fsp3) is 0.429. The van der Waals surface area contributed by atoms with Crippen molar-refractivity contribution in [2.24, 2.45) is 5.92 Å². The molecule has 0 saturated heterocycles. The van der Waals surface area contributed by atoms with Crippen LogP contribution in [0.2, 0.25) is 0 Å². The highest BCUT2D eigenvalue weighted by atomic mass is 32.2. The number of rotatable bonds is 6. The number of allylic oxidation sites excluding steroid dienone is 1. The number of hydrogen-bond acceptors (Lipinski definition) is 6. The van der Waals surface area contributed by atoms with Crippen molar-refractivity contribution < 1.29 is 23.0 Å². The second-order valence-corrected chi connectivity index (χ2v) is 9.12. The van der Waals surface area contributed by atoms with Crippen molar-refractivity contribution >= 4 is 17.5 Å². The molecule has 2 aromatic rings. The minimum absolute atomic E-state index is 0.0356. The Morgan fingerprint density at radius 1 is 1.29 bits per heavy atom. The first-order valence-electron chi connectivity index (χ1n) is 9.66. The van der Waals surface area contributed by atoms with E-state index in [2.05, 4.69) is 10.3 Å². The van der Waals surface area contributed by atoms with Crippen LogP contribution in [0.5, 0.6) is 0 Å². The van der Waals surface area contributed by atoms with E-state index < -0.39 is 17.3 Å². The number of alkyl halides is 3. The van der Waals surface area contributed by atoms with Crippen molar-refractivity contribution in [2.45, 2.75) is 55.1 Å². The Morgan fingerprint density at radius 2 is 1.97 bits per heavy atom. The van der Waals surface area contributed by atoms with Gasteiger partial charge in [-0.05, 0) is 44.5 Å². The summed E-state index contributed by atoms with van der Waals surface area (Å²) < 4.78 is 45.4. The van der Waals surface area contributed by atoms with Gasteiger partial charge in [-0.25, -0.2) is 4.98 Å². The van der Waals surface area contributed by atoms with E-state index in [0.29, 0.717) is 11.3 Å². The highest BCUT2D eigenvalue weighted by Crippen LogP contribution is 2.32. The fourth-order valence-corrected chi connectivity index (χ4v) is 3.82. The van der Waals surface area contributed by atoms with E-state index >= 15 is 0 Å². The summed E-state index contributed by atoms with van der Waals surface area (Å²) in [6.45, 7) is 5.46. The maximum Gasteiger partial charge on any atom is 0.416 e. The van der Waals surface area contributed by atoms with E-state index in [1.54, 1.807) is 26.2 Å². The molecule has 1 aromatic heterocycles. The lowest BCUT2D eigenvalue weighted by Gasteiger charge is -2.32. The minimum atomic E-state index is -4.41. The highest BCUT2D eigenvalue weighted by Gasteiger charge is 2.30. The number of aromatic nitrogens is 2. The van der Waals surface area contributed by atoms with Crippen LogP contribution in [-0.4, -0.2) is 33.1 Å². The van der Waals surface area contributed by atoms with Crippen LogP contribution in [0.1, 0.15) is 32.8 Å². The molecule has 0 saturated carbocycles. The normalized spacial score (nSPS) is 19.6. The van der Waals surface area contributed by atoms with Gasteiger partial charge in [-0.15, -0.1) is 0 Å². The topological polar surface area (TPSA) is 76.4 Å². The first-order chi connectivity index (χ1) is 14.4.